The molecule has 0 aromatic heterocycles. The summed E-state index contributed by atoms with van der Waals surface area (Å²) in [4.78, 5) is 12.1. The lowest BCUT2D eigenvalue weighted by molar-refractivity contribution is -0.111. The molecule has 0 aromatic carbocycles. The van der Waals surface area contributed by atoms with E-state index in [1.165, 1.54) is 31.0 Å². The minimum Gasteiger partial charge on any atom is -0.380 e. The summed E-state index contributed by atoms with van der Waals surface area (Å²) in [6.45, 7) is 5.35. The second kappa shape index (κ2) is 16.0. The van der Waals surface area contributed by atoms with Crippen LogP contribution in [0.5, 0.6) is 0 Å². The van der Waals surface area contributed by atoms with Crippen LogP contribution in [0.25, 0.3) is 0 Å². The number of rotatable bonds is 16. The van der Waals surface area contributed by atoms with Crippen LogP contribution in [0.3, 0.4) is 0 Å². The van der Waals surface area contributed by atoms with E-state index in [4.69, 9.17) is 31.7 Å². The summed E-state index contributed by atoms with van der Waals surface area (Å²) in [6.07, 6.45) is 5.74. The fourth-order valence-corrected chi connectivity index (χ4v) is 3.80. The first kappa shape index (κ1) is 24.8. The summed E-state index contributed by atoms with van der Waals surface area (Å²) in [7, 11) is 0. The molecular weight excluding hydrogens is 390 g/mol. The Morgan fingerprint density at radius 3 is 2.25 bits per heavy atom. The molecule has 0 unspecified atom stereocenters. The van der Waals surface area contributed by atoms with Crippen molar-refractivity contribution in [2.24, 2.45) is 0 Å². The lowest BCUT2D eigenvalue weighted by atomic mass is 10.1. The monoisotopic (exact) mass is 420 g/mol. The van der Waals surface area contributed by atoms with Crippen LogP contribution >= 0.6 is 40.3 Å². The van der Waals surface area contributed by atoms with E-state index < -0.39 is 6.07 Å². The third kappa shape index (κ3) is 17.6. The van der Waals surface area contributed by atoms with Crippen molar-refractivity contribution in [3.8, 4) is 0 Å². The maximum atomic E-state index is 12.1. The largest absolute Gasteiger partial charge is 0.380 e. The predicted octanol–water partition coefficient (Wildman–Crippen LogP) is 6.78. The van der Waals surface area contributed by atoms with Gasteiger partial charge in [-0.2, -0.15) is 0 Å². The Hall–Kier alpha value is 0.750. The third-order valence-electron chi connectivity index (χ3n) is 3.39. The first-order valence-electron chi connectivity index (χ1n) is 8.80. The molecule has 24 heavy (non-hydrogen) atoms. The van der Waals surface area contributed by atoms with Gasteiger partial charge in [-0.05, 0) is 35.3 Å². The average Bonchev–Trinajstić information content (AvgIpc) is 2.51. The molecule has 0 N–H and O–H groups in total. The van der Waals surface area contributed by atoms with Crippen molar-refractivity contribution in [2.45, 2.75) is 76.9 Å². The maximum Gasteiger partial charge on any atom is 0.380 e. The molecule has 0 radical (unpaired) electrons. The molecule has 144 valence electrons. The molecule has 8 heteroatoms. The van der Waals surface area contributed by atoms with E-state index >= 15 is 0 Å². The molecule has 1 atom stereocenters. The number of thioether (sulfide) groups is 1. The van der Waals surface area contributed by atoms with Crippen LogP contribution in [0.15, 0.2) is 0 Å². The zero-order chi connectivity index (χ0) is 18.3. The summed E-state index contributed by atoms with van der Waals surface area (Å²) < 4.78 is 21.8. The fourth-order valence-electron chi connectivity index (χ4n) is 2.07. The molecule has 0 rings (SSSR count). The van der Waals surface area contributed by atoms with Crippen molar-refractivity contribution < 1.29 is 18.6 Å². The Morgan fingerprint density at radius 2 is 1.62 bits per heavy atom. The van der Waals surface area contributed by atoms with Crippen molar-refractivity contribution in [2.75, 3.05) is 19.8 Å². The van der Waals surface area contributed by atoms with Crippen LogP contribution in [0.2, 0.25) is 0 Å². The van der Waals surface area contributed by atoms with Gasteiger partial charge in [-0.15, -0.1) is 0 Å². The van der Waals surface area contributed by atoms with Gasteiger partial charge in [-0.25, -0.2) is 0 Å². The Bertz CT molecular complexity index is 366. The highest BCUT2D eigenvalue weighted by atomic mass is 35.9. The Morgan fingerprint density at radius 1 is 1.00 bits per heavy atom. The third-order valence-corrected chi connectivity index (χ3v) is 5.50. The second-order valence-corrected chi connectivity index (χ2v) is 11.4. The van der Waals surface area contributed by atoms with E-state index in [9.17, 15) is 9.36 Å². The zero-order valence-electron chi connectivity index (χ0n) is 14.8. The summed E-state index contributed by atoms with van der Waals surface area (Å²) in [5.74, 6) is 0. The van der Waals surface area contributed by atoms with Crippen LogP contribution < -0.4 is 0 Å². The van der Waals surface area contributed by atoms with Crippen molar-refractivity contribution in [1.82, 2.24) is 0 Å². The van der Waals surface area contributed by atoms with Gasteiger partial charge in [0.2, 0.25) is 0 Å². The molecule has 0 aliphatic carbocycles. The topological polar surface area (TPSA) is 52.6 Å². The van der Waals surface area contributed by atoms with Crippen LogP contribution in [0.1, 0.15) is 71.6 Å². The first-order valence-corrected chi connectivity index (χ1v) is 13.1. The number of carbonyl (C=O) groups is 1. The number of hydrogen-bond donors (Lipinski definition) is 0. The highest BCUT2D eigenvalue weighted by Gasteiger charge is 2.21. The summed E-state index contributed by atoms with van der Waals surface area (Å²) >= 11 is 12.0. The molecule has 4 nitrogen and oxygen atoms in total. The van der Waals surface area contributed by atoms with E-state index in [1.807, 2.05) is 0 Å². The predicted molar refractivity (Wildman–Crippen MR) is 105 cm³/mol. The minimum atomic E-state index is -3.58. The van der Waals surface area contributed by atoms with Gasteiger partial charge in [0, 0.05) is 13.0 Å². The van der Waals surface area contributed by atoms with E-state index in [-0.39, 0.29) is 17.0 Å². The molecule has 0 heterocycles. The average molecular weight is 421 g/mol. The summed E-state index contributed by atoms with van der Waals surface area (Å²) in [5.41, 5.74) is 0. The van der Waals surface area contributed by atoms with E-state index in [0.717, 1.165) is 32.1 Å². The normalized spacial score (nSPS) is 13.2. The van der Waals surface area contributed by atoms with Gasteiger partial charge < -0.3 is 9.26 Å². The van der Waals surface area contributed by atoms with Crippen LogP contribution in [-0.4, -0.2) is 30.2 Å². The van der Waals surface area contributed by atoms with Crippen molar-refractivity contribution in [3.63, 3.8) is 0 Å². The molecule has 0 bridgehead atoms. The molecule has 0 spiro atoms. The number of unbranched alkanes of at least 4 members (excludes halogenated alkanes) is 6. The second-order valence-electron chi connectivity index (χ2n) is 5.77. The van der Waals surface area contributed by atoms with Gasteiger partial charge in [0.1, 0.15) is 0 Å². The molecule has 0 aromatic rings. The van der Waals surface area contributed by atoms with Gasteiger partial charge in [0.05, 0.1) is 18.5 Å². The molecule has 0 amide bonds. The zero-order valence-corrected chi connectivity index (χ0v) is 18.0. The summed E-state index contributed by atoms with van der Waals surface area (Å²) in [6, 6.07) is 0. The van der Waals surface area contributed by atoms with E-state index in [0.29, 0.717) is 19.6 Å². The van der Waals surface area contributed by atoms with Crippen molar-refractivity contribution >= 4 is 45.4 Å². The molecule has 0 aliphatic rings. The van der Waals surface area contributed by atoms with E-state index in [1.54, 1.807) is 0 Å². The number of hydrogen-bond acceptors (Lipinski definition) is 5. The van der Waals surface area contributed by atoms with Crippen LogP contribution in [0.4, 0.5) is 0 Å². The number of carbonyl (C=O) groups excluding carboxylic acids is 1. The van der Waals surface area contributed by atoms with Gasteiger partial charge in [0.15, 0.2) is 5.12 Å². The van der Waals surface area contributed by atoms with Gasteiger partial charge in [0.25, 0.3) is 0 Å². The lowest BCUT2D eigenvalue weighted by Crippen LogP contribution is -2.20. The smallest absolute Gasteiger partial charge is 0.380 e. The van der Waals surface area contributed by atoms with Gasteiger partial charge >= 0.3 is 6.07 Å². The number of halogens is 2. The highest BCUT2D eigenvalue weighted by molar-refractivity contribution is 8.14. The van der Waals surface area contributed by atoms with Crippen LogP contribution in [0, 0.1) is 0 Å². The van der Waals surface area contributed by atoms with Gasteiger partial charge in [-0.1, -0.05) is 64.1 Å². The minimum absolute atomic E-state index is 0.0459. The first-order chi connectivity index (χ1) is 11.4. The SMILES string of the molecule is CCCCCCCC(=O)S[C@H](COCCCCC)COP(=O)(Cl)Cl. The van der Waals surface area contributed by atoms with Crippen molar-refractivity contribution in [1.29, 1.82) is 0 Å². The van der Waals surface area contributed by atoms with Crippen LogP contribution in [-0.2, 0) is 18.6 Å². The Balaban J connectivity index is 4.11. The van der Waals surface area contributed by atoms with Gasteiger partial charge in [-0.3, -0.25) is 9.36 Å². The molecule has 0 saturated heterocycles. The Labute approximate surface area is 160 Å². The molecular formula is C16H31Cl2O4PS. The van der Waals surface area contributed by atoms with E-state index in [2.05, 4.69) is 13.8 Å². The fraction of sp³-hybridized carbons (Fsp3) is 0.938. The summed E-state index contributed by atoms with van der Waals surface area (Å²) in [5, 5.41) is -0.128. The molecule has 0 aliphatic heterocycles. The van der Waals surface area contributed by atoms with Crippen molar-refractivity contribution in [3.05, 3.63) is 0 Å². The number of ether oxygens (including phenoxy) is 1. The lowest BCUT2D eigenvalue weighted by Gasteiger charge is -2.16. The maximum absolute atomic E-state index is 12.1. The molecule has 0 fully saturated rings. The molecule has 0 saturated carbocycles. The highest BCUT2D eigenvalue weighted by Crippen LogP contribution is 2.57. The quantitative estimate of drug-likeness (QED) is 0.203. The standard InChI is InChI=1S/C16H31Cl2O4PS/c1-3-5-7-8-9-11-16(19)24-15(14-22-23(17,18)20)13-21-12-10-6-4-2/h15H,3-14H2,1-2H3/t15-/m1/s1. The Kier molecular flexibility index (Phi) is 16.5.